The van der Waals surface area contributed by atoms with E-state index in [1.807, 2.05) is 44.4 Å². The minimum atomic E-state index is -0.632. The van der Waals surface area contributed by atoms with Crippen molar-refractivity contribution in [1.29, 1.82) is 0 Å². The predicted octanol–water partition coefficient (Wildman–Crippen LogP) is 4.08. The fraction of sp³-hybridized carbons (Fsp3) is 0.522. The Labute approximate surface area is 183 Å². The number of hydrogen-bond donors (Lipinski definition) is 2. The van der Waals surface area contributed by atoms with Crippen LogP contribution in [0.4, 0.5) is 5.13 Å². The van der Waals surface area contributed by atoms with E-state index in [2.05, 4.69) is 27.4 Å². The maximum Gasteiger partial charge on any atom is 0.252 e. The largest absolute Gasteiger partial charge is 0.340 e. The van der Waals surface area contributed by atoms with Crippen LogP contribution >= 0.6 is 11.3 Å². The van der Waals surface area contributed by atoms with E-state index in [0.29, 0.717) is 10.7 Å². The van der Waals surface area contributed by atoms with Crippen molar-refractivity contribution < 1.29 is 9.59 Å². The maximum absolute atomic E-state index is 12.9. The highest BCUT2D eigenvalue weighted by Crippen LogP contribution is 2.21. The number of anilines is 1. The van der Waals surface area contributed by atoms with Gasteiger partial charge in [0.15, 0.2) is 5.13 Å². The maximum atomic E-state index is 12.9. The van der Waals surface area contributed by atoms with Crippen molar-refractivity contribution >= 4 is 28.3 Å². The molecule has 1 aliphatic heterocycles. The zero-order valence-electron chi connectivity index (χ0n) is 18.3. The fourth-order valence-electron chi connectivity index (χ4n) is 3.86. The Morgan fingerprint density at radius 2 is 2.07 bits per heavy atom. The van der Waals surface area contributed by atoms with Crippen LogP contribution < -0.4 is 10.6 Å². The van der Waals surface area contributed by atoms with Crippen molar-refractivity contribution in [2.45, 2.75) is 53.1 Å². The summed E-state index contributed by atoms with van der Waals surface area (Å²) in [6, 6.07) is 6.75. The molecule has 1 fully saturated rings. The molecule has 6 nitrogen and oxygen atoms in total. The summed E-state index contributed by atoms with van der Waals surface area (Å²) in [5, 5.41) is 8.37. The van der Waals surface area contributed by atoms with Gasteiger partial charge in [-0.25, -0.2) is 4.98 Å². The number of aryl methyl sites for hydroxylation is 1. The van der Waals surface area contributed by atoms with Crippen LogP contribution in [0.1, 0.15) is 55.2 Å². The minimum absolute atomic E-state index is 0.0489. The monoisotopic (exact) mass is 428 g/mol. The molecule has 1 saturated heterocycles. The Bertz CT molecular complexity index is 880. The van der Waals surface area contributed by atoms with E-state index in [-0.39, 0.29) is 17.7 Å². The van der Waals surface area contributed by atoms with Gasteiger partial charge in [0.25, 0.3) is 5.91 Å². The van der Waals surface area contributed by atoms with Crippen LogP contribution in [0.25, 0.3) is 0 Å². The van der Waals surface area contributed by atoms with Gasteiger partial charge < -0.3 is 10.6 Å². The van der Waals surface area contributed by atoms with Crippen LogP contribution in [0.2, 0.25) is 0 Å². The van der Waals surface area contributed by atoms with Gasteiger partial charge in [0.1, 0.15) is 6.04 Å². The van der Waals surface area contributed by atoms with Gasteiger partial charge in [0.2, 0.25) is 5.91 Å². The predicted molar refractivity (Wildman–Crippen MR) is 122 cm³/mol. The lowest BCUT2D eigenvalue weighted by molar-refractivity contribution is -0.118. The number of carbonyl (C=O) groups is 2. The average Bonchev–Trinajstić information content (AvgIpc) is 3.12. The van der Waals surface area contributed by atoms with Crippen LogP contribution in [-0.2, 0) is 11.3 Å². The zero-order chi connectivity index (χ0) is 21.7. The molecular weight excluding hydrogens is 396 g/mol. The van der Waals surface area contributed by atoms with Crippen molar-refractivity contribution in [3.63, 3.8) is 0 Å². The first kappa shape index (κ1) is 22.4. The van der Waals surface area contributed by atoms with Crippen LogP contribution in [0.15, 0.2) is 29.6 Å². The smallest absolute Gasteiger partial charge is 0.252 e. The first-order chi connectivity index (χ1) is 14.3. The topological polar surface area (TPSA) is 74.3 Å². The standard InChI is InChI=1S/C23H32N4O2S/c1-15(2)20(25-21(28)19-10-6-5-9-17(19)4)22(29)26-23-24-18(14-30-23)13-27-11-7-8-16(3)12-27/h5-6,9-10,14-16,20H,7-8,11-13H2,1-4H3,(H,25,28)(H,24,26,29). The molecular formula is C23H32N4O2S. The molecule has 2 N–H and O–H groups in total. The molecule has 1 aromatic heterocycles. The number of rotatable bonds is 7. The van der Waals surface area contributed by atoms with Crippen LogP contribution in [0, 0.1) is 18.8 Å². The van der Waals surface area contributed by atoms with Gasteiger partial charge in [-0.2, -0.15) is 0 Å². The molecule has 7 heteroatoms. The zero-order valence-corrected chi connectivity index (χ0v) is 19.1. The molecule has 0 saturated carbocycles. The molecule has 1 aromatic carbocycles. The summed E-state index contributed by atoms with van der Waals surface area (Å²) >= 11 is 1.43. The lowest BCUT2D eigenvalue weighted by Crippen LogP contribution is -2.47. The van der Waals surface area contributed by atoms with Crippen LogP contribution in [0.3, 0.4) is 0 Å². The third-order valence-electron chi connectivity index (χ3n) is 5.53. The lowest BCUT2D eigenvalue weighted by atomic mass is 10.0. The van der Waals surface area contributed by atoms with E-state index in [9.17, 15) is 9.59 Å². The second-order valence-electron chi connectivity index (χ2n) is 8.63. The van der Waals surface area contributed by atoms with E-state index in [1.165, 1.54) is 24.2 Å². The Hall–Kier alpha value is -2.25. The molecule has 0 aliphatic carbocycles. The highest BCUT2D eigenvalue weighted by Gasteiger charge is 2.26. The SMILES string of the molecule is Cc1ccccc1C(=O)NC(C(=O)Nc1nc(CN2CCCC(C)C2)cs1)C(C)C. The number of hydrogen-bond acceptors (Lipinski definition) is 5. The Kier molecular flexibility index (Phi) is 7.61. The third kappa shape index (κ3) is 5.89. The molecule has 1 aliphatic rings. The molecule has 0 spiro atoms. The number of amides is 2. The summed E-state index contributed by atoms with van der Waals surface area (Å²) in [4.78, 5) is 32.6. The van der Waals surface area contributed by atoms with Crippen molar-refractivity contribution in [2.75, 3.05) is 18.4 Å². The van der Waals surface area contributed by atoms with Gasteiger partial charge in [0, 0.05) is 24.0 Å². The lowest BCUT2D eigenvalue weighted by Gasteiger charge is -2.30. The van der Waals surface area contributed by atoms with Gasteiger partial charge in [-0.05, 0) is 49.8 Å². The summed E-state index contributed by atoms with van der Waals surface area (Å²) in [7, 11) is 0. The molecule has 0 bridgehead atoms. The summed E-state index contributed by atoms with van der Waals surface area (Å²) in [5.41, 5.74) is 2.45. The summed E-state index contributed by atoms with van der Waals surface area (Å²) in [6.07, 6.45) is 2.52. The van der Waals surface area contributed by atoms with E-state index < -0.39 is 6.04 Å². The molecule has 2 amide bonds. The van der Waals surface area contributed by atoms with E-state index in [4.69, 9.17) is 0 Å². The highest BCUT2D eigenvalue weighted by molar-refractivity contribution is 7.13. The van der Waals surface area contributed by atoms with Gasteiger partial charge in [-0.15, -0.1) is 11.3 Å². The molecule has 2 aromatic rings. The van der Waals surface area contributed by atoms with Crippen LogP contribution in [-0.4, -0.2) is 40.8 Å². The van der Waals surface area contributed by atoms with Crippen LogP contribution in [0.5, 0.6) is 0 Å². The molecule has 30 heavy (non-hydrogen) atoms. The first-order valence-corrected chi connectivity index (χ1v) is 11.6. The van der Waals surface area contributed by atoms with Gasteiger partial charge >= 0.3 is 0 Å². The Morgan fingerprint density at radius 1 is 1.30 bits per heavy atom. The van der Waals surface area contributed by atoms with Crippen molar-refractivity contribution in [2.24, 2.45) is 11.8 Å². The van der Waals surface area contributed by atoms with E-state index in [0.717, 1.165) is 36.8 Å². The van der Waals surface area contributed by atoms with Gasteiger partial charge in [-0.3, -0.25) is 14.5 Å². The van der Waals surface area contributed by atoms with Gasteiger partial charge in [-0.1, -0.05) is 39.0 Å². The fourth-order valence-corrected chi connectivity index (χ4v) is 4.57. The molecule has 0 radical (unpaired) electrons. The van der Waals surface area contributed by atoms with E-state index >= 15 is 0 Å². The van der Waals surface area contributed by atoms with Crippen molar-refractivity contribution in [3.05, 3.63) is 46.5 Å². The second-order valence-corrected chi connectivity index (χ2v) is 9.48. The number of likely N-dealkylation sites (tertiary alicyclic amines) is 1. The molecule has 162 valence electrons. The highest BCUT2D eigenvalue weighted by atomic mass is 32.1. The number of aromatic nitrogens is 1. The third-order valence-corrected chi connectivity index (χ3v) is 6.34. The number of nitrogens with zero attached hydrogens (tertiary/aromatic N) is 2. The number of benzene rings is 1. The number of carbonyl (C=O) groups excluding carboxylic acids is 2. The number of piperidine rings is 1. The average molecular weight is 429 g/mol. The normalized spacial score (nSPS) is 18.2. The molecule has 2 atom stereocenters. The summed E-state index contributed by atoms with van der Waals surface area (Å²) in [6.45, 7) is 11.0. The first-order valence-electron chi connectivity index (χ1n) is 10.7. The molecule has 3 rings (SSSR count). The molecule has 2 heterocycles. The van der Waals surface area contributed by atoms with Crippen molar-refractivity contribution in [1.82, 2.24) is 15.2 Å². The quantitative estimate of drug-likeness (QED) is 0.697. The Morgan fingerprint density at radius 3 is 2.77 bits per heavy atom. The summed E-state index contributed by atoms with van der Waals surface area (Å²) in [5.74, 6) is 0.202. The molecule has 2 unspecified atom stereocenters. The summed E-state index contributed by atoms with van der Waals surface area (Å²) < 4.78 is 0. The minimum Gasteiger partial charge on any atom is -0.340 e. The number of thiazole rings is 1. The van der Waals surface area contributed by atoms with E-state index in [1.54, 1.807) is 6.07 Å². The van der Waals surface area contributed by atoms with Gasteiger partial charge in [0.05, 0.1) is 5.69 Å². The Balaban J connectivity index is 1.60. The second kappa shape index (κ2) is 10.2. The van der Waals surface area contributed by atoms with Crippen molar-refractivity contribution in [3.8, 4) is 0 Å². The number of nitrogens with one attached hydrogen (secondary N) is 2.